The fourth-order valence-corrected chi connectivity index (χ4v) is 6.65. The molecule has 9 aromatic rings. The molecule has 2 heterocycles. The van der Waals surface area contributed by atoms with Gasteiger partial charge >= 0.3 is 0 Å². The number of hydrogen-bond acceptors (Lipinski definition) is 3. The van der Waals surface area contributed by atoms with E-state index in [1.54, 1.807) is 0 Å². The molecule has 0 aliphatic rings. The molecule has 0 spiro atoms. The van der Waals surface area contributed by atoms with Crippen molar-refractivity contribution in [3.05, 3.63) is 170 Å². The Labute approximate surface area is 266 Å². The lowest BCUT2D eigenvalue weighted by molar-refractivity contribution is 0.657. The summed E-state index contributed by atoms with van der Waals surface area (Å²) in [5.41, 5.74) is 9.31. The van der Waals surface area contributed by atoms with Gasteiger partial charge in [-0.05, 0) is 80.9 Å². The Morgan fingerprint density at radius 2 is 1.11 bits per heavy atom. The molecule has 3 nitrogen and oxygen atoms in total. The van der Waals surface area contributed by atoms with Crippen LogP contribution in [0.3, 0.4) is 0 Å². The van der Waals surface area contributed by atoms with Gasteiger partial charge in [0.1, 0.15) is 5.58 Å². The van der Waals surface area contributed by atoms with E-state index in [9.17, 15) is 0 Å². The third-order valence-electron chi connectivity index (χ3n) is 8.90. The van der Waals surface area contributed by atoms with Gasteiger partial charge in [-0.1, -0.05) is 121 Å². The monoisotopic (exact) mass is 588 g/mol. The Morgan fingerprint density at radius 1 is 0.435 bits per heavy atom. The van der Waals surface area contributed by atoms with Crippen molar-refractivity contribution in [2.24, 2.45) is 0 Å². The number of nitrogens with zero attached hydrogens (tertiary/aromatic N) is 2. The summed E-state index contributed by atoms with van der Waals surface area (Å²) in [5, 5.41) is 6.74. The van der Waals surface area contributed by atoms with Crippen LogP contribution in [-0.4, -0.2) is 4.98 Å². The van der Waals surface area contributed by atoms with Crippen molar-refractivity contribution in [1.29, 1.82) is 0 Å². The normalized spacial score (nSPS) is 11.5. The molecule has 0 bridgehead atoms. The molecule has 3 heteroatoms. The Kier molecular flexibility index (Phi) is 6.14. The number of fused-ring (bicyclic) bond motifs is 6. The van der Waals surface area contributed by atoms with Gasteiger partial charge < -0.3 is 9.32 Å². The summed E-state index contributed by atoms with van der Waals surface area (Å²) in [5.74, 6) is 0. The summed E-state index contributed by atoms with van der Waals surface area (Å²) < 4.78 is 6.50. The molecule has 2 aromatic heterocycles. The average Bonchev–Trinajstić information content (AvgIpc) is 3.52. The predicted octanol–water partition coefficient (Wildman–Crippen LogP) is 12.1. The van der Waals surface area contributed by atoms with Crippen LogP contribution in [0.4, 0.5) is 17.1 Å². The molecule has 0 amide bonds. The second-order valence-electron chi connectivity index (χ2n) is 11.6. The summed E-state index contributed by atoms with van der Waals surface area (Å²) in [4.78, 5) is 7.04. The van der Waals surface area contributed by atoms with Crippen LogP contribution in [-0.2, 0) is 0 Å². The molecule has 9 rings (SSSR count). The lowest BCUT2D eigenvalue weighted by Gasteiger charge is -2.27. The van der Waals surface area contributed by atoms with Gasteiger partial charge in [0.05, 0.1) is 11.1 Å². The standard InChI is InChI=1S/C43H28N2O/c1-2-9-29(10-3-1)31-19-22-36(23-20-31)45(37-15-8-14-34(28-37)35-18-17-30-11-4-5-13-33(30)27-35)40-25-26-44-43-41(40)39-24-21-32-12-6-7-16-38(32)42(39)46-43/h1-28H. The maximum absolute atomic E-state index is 6.50. The minimum atomic E-state index is 0.625. The summed E-state index contributed by atoms with van der Waals surface area (Å²) in [6.07, 6.45) is 1.85. The van der Waals surface area contributed by atoms with Crippen LogP contribution in [0.15, 0.2) is 174 Å². The van der Waals surface area contributed by atoms with E-state index in [1.165, 1.54) is 27.5 Å². The summed E-state index contributed by atoms with van der Waals surface area (Å²) in [7, 11) is 0. The Morgan fingerprint density at radius 3 is 1.98 bits per heavy atom. The highest BCUT2D eigenvalue weighted by Gasteiger charge is 2.21. The van der Waals surface area contributed by atoms with Crippen molar-refractivity contribution in [2.75, 3.05) is 4.90 Å². The minimum absolute atomic E-state index is 0.625. The van der Waals surface area contributed by atoms with Crippen molar-refractivity contribution in [3.8, 4) is 22.3 Å². The lowest BCUT2D eigenvalue weighted by Crippen LogP contribution is -2.10. The zero-order valence-electron chi connectivity index (χ0n) is 25.0. The number of hydrogen-bond donors (Lipinski definition) is 0. The molecule has 0 radical (unpaired) electrons. The second kappa shape index (κ2) is 10.8. The first-order valence-corrected chi connectivity index (χ1v) is 15.5. The van der Waals surface area contributed by atoms with Crippen molar-refractivity contribution in [1.82, 2.24) is 4.98 Å². The first-order chi connectivity index (χ1) is 22.8. The quantitative estimate of drug-likeness (QED) is 0.200. The summed E-state index contributed by atoms with van der Waals surface area (Å²) in [6.45, 7) is 0. The number of anilines is 3. The minimum Gasteiger partial charge on any atom is -0.437 e. The first kappa shape index (κ1) is 26.2. The van der Waals surface area contributed by atoms with Crippen LogP contribution in [0.2, 0.25) is 0 Å². The van der Waals surface area contributed by atoms with Crippen molar-refractivity contribution in [2.45, 2.75) is 0 Å². The first-order valence-electron chi connectivity index (χ1n) is 15.5. The van der Waals surface area contributed by atoms with E-state index in [0.717, 1.165) is 49.8 Å². The summed E-state index contributed by atoms with van der Waals surface area (Å²) in [6, 6.07) is 58.1. The molecule has 0 aliphatic carbocycles. The van der Waals surface area contributed by atoms with Crippen LogP contribution < -0.4 is 4.90 Å². The van der Waals surface area contributed by atoms with Gasteiger partial charge in [0.2, 0.25) is 5.71 Å². The lowest BCUT2D eigenvalue weighted by atomic mass is 10.00. The summed E-state index contributed by atoms with van der Waals surface area (Å²) >= 11 is 0. The van der Waals surface area contributed by atoms with Gasteiger partial charge in [-0.2, -0.15) is 0 Å². The van der Waals surface area contributed by atoms with E-state index in [2.05, 4.69) is 169 Å². The smallest absolute Gasteiger partial charge is 0.229 e. The predicted molar refractivity (Wildman–Crippen MR) is 192 cm³/mol. The van der Waals surface area contributed by atoms with E-state index in [-0.39, 0.29) is 0 Å². The van der Waals surface area contributed by atoms with E-state index < -0.39 is 0 Å². The molecule has 216 valence electrons. The van der Waals surface area contributed by atoms with Crippen molar-refractivity contribution >= 4 is 60.7 Å². The highest BCUT2D eigenvalue weighted by atomic mass is 16.3. The topological polar surface area (TPSA) is 29.3 Å². The van der Waals surface area contributed by atoms with Crippen molar-refractivity contribution < 1.29 is 4.42 Å². The molecular weight excluding hydrogens is 560 g/mol. The largest absolute Gasteiger partial charge is 0.437 e. The highest BCUT2D eigenvalue weighted by molar-refractivity contribution is 6.18. The molecule has 0 saturated carbocycles. The number of pyridine rings is 1. The Balaban J connectivity index is 1.26. The maximum Gasteiger partial charge on any atom is 0.229 e. The van der Waals surface area contributed by atoms with Gasteiger partial charge in [-0.3, -0.25) is 0 Å². The van der Waals surface area contributed by atoms with Crippen LogP contribution >= 0.6 is 0 Å². The SMILES string of the molecule is c1ccc(-c2ccc(N(c3cccc(-c4ccc5ccccc5c4)c3)c3ccnc4oc5c6ccccc6ccc5c34)cc2)cc1. The third-order valence-corrected chi connectivity index (χ3v) is 8.90. The van der Waals surface area contributed by atoms with Gasteiger partial charge in [0, 0.05) is 28.3 Å². The highest BCUT2D eigenvalue weighted by Crippen LogP contribution is 2.44. The molecular formula is C43H28N2O. The third kappa shape index (κ3) is 4.41. The van der Waals surface area contributed by atoms with Crippen LogP contribution in [0.5, 0.6) is 0 Å². The van der Waals surface area contributed by atoms with Gasteiger partial charge in [-0.25, -0.2) is 4.98 Å². The Hall–Kier alpha value is -6.19. The van der Waals surface area contributed by atoms with Gasteiger partial charge in [0.15, 0.2) is 0 Å². The average molecular weight is 589 g/mol. The number of aromatic nitrogens is 1. The van der Waals surface area contributed by atoms with E-state index in [1.807, 2.05) is 6.20 Å². The molecule has 46 heavy (non-hydrogen) atoms. The fourth-order valence-electron chi connectivity index (χ4n) is 6.65. The molecule has 0 atom stereocenters. The van der Waals surface area contributed by atoms with Gasteiger partial charge in [0.25, 0.3) is 0 Å². The molecule has 0 saturated heterocycles. The Bertz CT molecular complexity index is 2530. The molecule has 0 N–H and O–H groups in total. The number of benzene rings is 7. The second-order valence-corrected chi connectivity index (χ2v) is 11.6. The van der Waals surface area contributed by atoms with Crippen LogP contribution in [0, 0.1) is 0 Å². The van der Waals surface area contributed by atoms with Crippen LogP contribution in [0.25, 0.3) is 65.9 Å². The number of rotatable bonds is 5. The number of furan rings is 1. The van der Waals surface area contributed by atoms with Gasteiger partial charge in [-0.15, -0.1) is 0 Å². The van der Waals surface area contributed by atoms with Crippen LogP contribution in [0.1, 0.15) is 0 Å². The zero-order valence-corrected chi connectivity index (χ0v) is 25.0. The van der Waals surface area contributed by atoms with E-state index in [4.69, 9.17) is 9.40 Å². The molecule has 0 unspecified atom stereocenters. The zero-order chi connectivity index (χ0) is 30.5. The maximum atomic E-state index is 6.50. The molecule has 0 aliphatic heterocycles. The fraction of sp³-hybridized carbons (Fsp3) is 0. The molecule has 7 aromatic carbocycles. The molecule has 0 fully saturated rings. The van der Waals surface area contributed by atoms with Crippen molar-refractivity contribution in [3.63, 3.8) is 0 Å². The van der Waals surface area contributed by atoms with E-state index >= 15 is 0 Å². The van der Waals surface area contributed by atoms with E-state index in [0.29, 0.717) is 5.71 Å².